The molecular weight excluding hydrogens is 300 g/mol. The van der Waals surface area contributed by atoms with Crippen LogP contribution in [-0.2, 0) is 6.42 Å². The van der Waals surface area contributed by atoms with Crippen LogP contribution in [-0.4, -0.2) is 22.1 Å². The van der Waals surface area contributed by atoms with Crippen molar-refractivity contribution in [3.05, 3.63) is 52.8 Å². The van der Waals surface area contributed by atoms with Crippen molar-refractivity contribution < 1.29 is 4.79 Å². The highest BCUT2D eigenvalue weighted by molar-refractivity contribution is 5.95. The second kappa shape index (κ2) is 6.40. The van der Waals surface area contributed by atoms with Gasteiger partial charge in [-0.3, -0.25) is 9.89 Å². The molecule has 0 bridgehead atoms. The Balaban J connectivity index is 1.49. The fourth-order valence-electron chi connectivity index (χ4n) is 4.19. The van der Waals surface area contributed by atoms with Crippen molar-refractivity contribution >= 4 is 5.91 Å². The number of benzene rings is 1. The molecule has 1 amide bonds. The summed E-state index contributed by atoms with van der Waals surface area (Å²) in [5, 5.41) is 10.3. The van der Waals surface area contributed by atoms with E-state index in [1.807, 2.05) is 12.1 Å². The Morgan fingerprint density at radius 3 is 2.79 bits per heavy atom. The van der Waals surface area contributed by atoms with Crippen LogP contribution in [0.1, 0.15) is 71.2 Å². The van der Waals surface area contributed by atoms with Gasteiger partial charge in [0.25, 0.3) is 5.91 Å². The zero-order valence-corrected chi connectivity index (χ0v) is 13.8. The molecule has 0 aliphatic heterocycles. The fourth-order valence-corrected chi connectivity index (χ4v) is 4.19. The summed E-state index contributed by atoms with van der Waals surface area (Å²) in [6, 6.07) is 7.97. The van der Waals surface area contributed by atoms with Crippen molar-refractivity contribution in [1.82, 2.24) is 15.5 Å². The van der Waals surface area contributed by atoms with Gasteiger partial charge in [0.2, 0.25) is 0 Å². The van der Waals surface area contributed by atoms with Crippen molar-refractivity contribution in [2.24, 2.45) is 5.73 Å². The number of aromatic nitrogens is 2. The van der Waals surface area contributed by atoms with E-state index < -0.39 is 0 Å². The topological polar surface area (TPSA) is 83.8 Å². The number of amides is 1. The van der Waals surface area contributed by atoms with Crippen molar-refractivity contribution in [2.45, 2.75) is 56.5 Å². The number of carbonyl (C=O) groups excluding carboxylic acids is 1. The van der Waals surface area contributed by atoms with Gasteiger partial charge in [0.05, 0.1) is 29.5 Å². The molecule has 1 heterocycles. The van der Waals surface area contributed by atoms with Gasteiger partial charge in [-0.05, 0) is 30.4 Å². The predicted octanol–water partition coefficient (Wildman–Crippen LogP) is 2.81. The van der Waals surface area contributed by atoms with Crippen LogP contribution in [0.3, 0.4) is 0 Å². The molecule has 2 aromatic rings. The van der Waals surface area contributed by atoms with Crippen molar-refractivity contribution in [1.29, 1.82) is 0 Å². The normalized spacial score (nSPS) is 23.9. The van der Waals surface area contributed by atoms with Crippen LogP contribution in [0, 0.1) is 0 Å². The van der Waals surface area contributed by atoms with E-state index in [0.717, 1.165) is 30.5 Å². The zero-order chi connectivity index (χ0) is 16.5. The molecule has 2 aliphatic rings. The van der Waals surface area contributed by atoms with Crippen LogP contribution in [0.15, 0.2) is 30.5 Å². The fraction of sp³-hybridized carbons (Fsp3) is 0.474. The lowest BCUT2D eigenvalue weighted by atomic mass is 9.85. The molecule has 1 fully saturated rings. The Kier molecular flexibility index (Phi) is 4.10. The number of hydrogen-bond donors (Lipinski definition) is 3. The van der Waals surface area contributed by atoms with Gasteiger partial charge in [-0.1, -0.05) is 43.5 Å². The van der Waals surface area contributed by atoms with Crippen molar-refractivity contribution in [2.75, 3.05) is 0 Å². The predicted molar refractivity (Wildman–Crippen MR) is 92.7 cm³/mol. The average molecular weight is 324 g/mol. The Bertz CT molecular complexity index is 732. The molecule has 5 heteroatoms. The van der Waals surface area contributed by atoms with E-state index in [9.17, 15) is 4.79 Å². The van der Waals surface area contributed by atoms with E-state index in [1.54, 1.807) is 6.20 Å². The summed E-state index contributed by atoms with van der Waals surface area (Å²) in [5.74, 6) is 0.369. The molecule has 0 spiro atoms. The number of nitrogens with one attached hydrogen (secondary N) is 2. The molecule has 0 saturated heterocycles. The second-order valence-electron chi connectivity index (χ2n) is 7.04. The Morgan fingerprint density at radius 1 is 1.21 bits per heavy atom. The van der Waals surface area contributed by atoms with Crippen LogP contribution in [0.4, 0.5) is 0 Å². The number of rotatable bonds is 3. The van der Waals surface area contributed by atoms with Gasteiger partial charge >= 0.3 is 0 Å². The Morgan fingerprint density at radius 2 is 2.00 bits per heavy atom. The molecule has 2 atom stereocenters. The van der Waals surface area contributed by atoms with Gasteiger partial charge in [0.15, 0.2) is 0 Å². The highest BCUT2D eigenvalue weighted by atomic mass is 16.1. The van der Waals surface area contributed by atoms with Gasteiger partial charge in [0, 0.05) is 5.92 Å². The van der Waals surface area contributed by atoms with E-state index in [4.69, 9.17) is 5.73 Å². The van der Waals surface area contributed by atoms with E-state index in [-0.39, 0.29) is 18.0 Å². The van der Waals surface area contributed by atoms with Gasteiger partial charge in [-0.15, -0.1) is 0 Å². The van der Waals surface area contributed by atoms with E-state index in [2.05, 4.69) is 27.6 Å². The SMILES string of the molecule is N[C@H]1c2ccccc2C[C@@H]1NC(=O)c1cn[nH]c1C1CCCCC1. The third-order valence-corrected chi connectivity index (χ3v) is 5.53. The summed E-state index contributed by atoms with van der Waals surface area (Å²) in [5.41, 5.74) is 10.4. The standard InChI is InChI=1S/C19H24N4O/c20-17-14-9-5-4-8-13(14)10-16(17)22-19(24)15-11-21-23-18(15)12-6-2-1-3-7-12/h4-5,8-9,11-12,16-17H,1-3,6-7,10,20H2,(H,21,23)(H,22,24)/t16-,17-/m0/s1. The summed E-state index contributed by atoms with van der Waals surface area (Å²) >= 11 is 0. The van der Waals surface area contributed by atoms with Crippen LogP contribution < -0.4 is 11.1 Å². The lowest BCUT2D eigenvalue weighted by Crippen LogP contribution is -2.40. The van der Waals surface area contributed by atoms with Gasteiger partial charge in [-0.25, -0.2) is 0 Å². The molecular formula is C19H24N4O. The highest BCUT2D eigenvalue weighted by Gasteiger charge is 2.32. The van der Waals surface area contributed by atoms with Crippen LogP contribution >= 0.6 is 0 Å². The monoisotopic (exact) mass is 324 g/mol. The molecule has 0 unspecified atom stereocenters. The maximum atomic E-state index is 12.8. The lowest BCUT2D eigenvalue weighted by Gasteiger charge is -2.22. The number of aromatic amines is 1. The molecule has 1 saturated carbocycles. The summed E-state index contributed by atoms with van der Waals surface area (Å²) in [6.07, 6.45) is 8.47. The number of fused-ring (bicyclic) bond motifs is 1. The third-order valence-electron chi connectivity index (χ3n) is 5.53. The number of carbonyl (C=O) groups is 1. The molecule has 4 N–H and O–H groups in total. The maximum Gasteiger partial charge on any atom is 0.255 e. The summed E-state index contributed by atoms with van der Waals surface area (Å²) < 4.78 is 0. The molecule has 126 valence electrons. The minimum absolute atomic E-state index is 0.0518. The van der Waals surface area contributed by atoms with Crippen LogP contribution in [0.2, 0.25) is 0 Å². The summed E-state index contributed by atoms with van der Waals surface area (Å²) in [4.78, 5) is 12.8. The quantitative estimate of drug-likeness (QED) is 0.812. The minimum Gasteiger partial charge on any atom is -0.347 e. The first-order valence-electron chi connectivity index (χ1n) is 8.91. The van der Waals surface area contributed by atoms with E-state index >= 15 is 0 Å². The van der Waals surface area contributed by atoms with E-state index in [1.165, 1.54) is 24.8 Å². The molecule has 24 heavy (non-hydrogen) atoms. The number of nitrogens with two attached hydrogens (primary N) is 1. The molecule has 4 rings (SSSR count). The molecule has 2 aliphatic carbocycles. The number of nitrogens with zero attached hydrogens (tertiary/aromatic N) is 1. The largest absolute Gasteiger partial charge is 0.347 e. The summed E-state index contributed by atoms with van der Waals surface area (Å²) in [7, 11) is 0. The van der Waals surface area contributed by atoms with Gasteiger partial charge < -0.3 is 11.1 Å². The first-order chi connectivity index (χ1) is 11.7. The number of hydrogen-bond acceptors (Lipinski definition) is 3. The average Bonchev–Trinajstić information content (AvgIpc) is 3.22. The highest BCUT2D eigenvalue weighted by Crippen LogP contribution is 2.34. The molecule has 5 nitrogen and oxygen atoms in total. The Hall–Kier alpha value is -2.14. The van der Waals surface area contributed by atoms with Gasteiger partial charge in [0.1, 0.15) is 0 Å². The molecule has 0 radical (unpaired) electrons. The maximum absolute atomic E-state index is 12.8. The van der Waals surface area contributed by atoms with Gasteiger partial charge in [-0.2, -0.15) is 5.10 Å². The third kappa shape index (κ3) is 2.73. The Labute approximate surface area is 142 Å². The molecule has 1 aromatic heterocycles. The zero-order valence-electron chi connectivity index (χ0n) is 13.8. The van der Waals surface area contributed by atoms with E-state index in [0.29, 0.717) is 11.5 Å². The smallest absolute Gasteiger partial charge is 0.255 e. The number of H-pyrrole nitrogens is 1. The van der Waals surface area contributed by atoms with Crippen LogP contribution in [0.5, 0.6) is 0 Å². The summed E-state index contributed by atoms with van der Waals surface area (Å²) in [6.45, 7) is 0. The molecule has 1 aromatic carbocycles. The van der Waals surface area contributed by atoms with Crippen molar-refractivity contribution in [3.8, 4) is 0 Å². The lowest BCUT2D eigenvalue weighted by molar-refractivity contribution is 0.0931. The first kappa shape index (κ1) is 15.4. The second-order valence-corrected chi connectivity index (χ2v) is 7.04. The van der Waals surface area contributed by atoms with Crippen LogP contribution in [0.25, 0.3) is 0 Å². The van der Waals surface area contributed by atoms with Crippen molar-refractivity contribution in [3.63, 3.8) is 0 Å². The first-order valence-corrected chi connectivity index (χ1v) is 8.91. The minimum atomic E-state index is -0.143.